The fourth-order valence-electron chi connectivity index (χ4n) is 2.84. The lowest BCUT2D eigenvalue weighted by molar-refractivity contribution is -0.130. The SMILES string of the molecule is CC(C)(C)n1c(=O)nc(NCCCN2CCCCCC2=O)[nH]c1=O. The van der Waals surface area contributed by atoms with Crippen LogP contribution in [0.15, 0.2) is 9.59 Å². The van der Waals surface area contributed by atoms with Crippen LogP contribution in [-0.4, -0.2) is 45.0 Å². The lowest BCUT2D eigenvalue weighted by Crippen LogP contribution is -2.46. The zero-order valence-electron chi connectivity index (χ0n) is 14.7. The Morgan fingerprint density at radius 2 is 1.92 bits per heavy atom. The van der Waals surface area contributed by atoms with Crippen molar-refractivity contribution in [3.63, 3.8) is 0 Å². The van der Waals surface area contributed by atoms with Gasteiger partial charge in [0.1, 0.15) is 0 Å². The minimum absolute atomic E-state index is 0.174. The molecule has 8 nitrogen and oxygen atoms in total. The monoisotopic (exact) mass is 337 g/mol. The van der Waals surface area contributed by atoms with Gasteiger partial charge in [-0.1, -0.05) is 6.42 Å². The average Bonchev–Trinajstić information content (AvgIpc) is 2.66. The summed E-state index contributed by atoms with van der Waals surface area (Å²) in [5.74, 6) is 0.388. The normalized spacial score (nSPS) is 16.1. The molecule has 8 heteroatoms. The molecule has 2 rings (SSSR count). The third-order valence-corrected chi connectivity index (χ3v) is 4.07. The summed E-state index contributed by atoms with van der Waals surface area (Å²) in [7, 11) is 0. The Morgan fingerprint density at radius 3 is 2.58 bits per heavy atom. The highest BCUT2D eigenvalue weighted by Crippen LogP contribution is 2.11. The maximum Gasteiger partial charge on any atom is 0.355 e. The zero-order chi connectivity index (χ0) is 17.7. The molecule has 0 unspecified atom stereocenters. The van der Waals surface area contributed by atoms with E-state index in [4.69, 9.17) is 0 Å². The lowest BCUT2D eigenvalue weighted by Gasteiger charge is -2.21. The molecule has 0 spiro atoms. The van der Waals surface area contributed by atoms with E-state index >= 15 is 0 Å². The Bertz CT molecular complexity index is 655. The predicted octanol–water partition coefficient (Wildman–Crippen LogP) is 0.891. The molecule has 0 radical (unpaired) electrons. The molecule has 0 atom stereocenters. The molecule has 1 aromatic rings. The van der Waals surface area contributed by atoms with Crippen LogP contribution in [0.1, 0.15) is 52.9 Å². The second-order valence-corrected chi connectivity index (χ2v) is 7.15. The topological polar surface area (TPSA) is 100 Å². The first-order valence-corrected chi connectivity index (χ1v) is 8.54. The van der Waals surface area contributed by atoms with E-state index < -0.39 is 16.9 Å². The highest BCUT2D eigenvalue weighted by Gasteiger charge is 2.19. The number of anilines is 1. The van der Waals surface area contributed by atoms with Crippen molar-refractivity contribution in [2.24, 2.45) is 0 Å². The average molecular weight is 337 g/mol. The van der Waals surface area contributed by atoms with Crippen LogP contribution in [0.4, 0.5) is 5.95 Å². The van der Waals surface area contributed by atoms with E-state index in [1.165, 1.54) is 0 Å². The zero-order valence-corrected chi connectivity index (χ0v) is 14.7. The molecule has 2 heterocycles. The number of rotatable bonds is 5. The van der Waals surface area contributed by atoms with Crippen LogP contribution in [-0.2, 0) is 10.3 Å². The van der Waals surface area contributed by atoms with E-state index in [0.29, 0.717) is 19.5 Å². The van der Waals surface area contributed by atoms with Gasteiger partial charge >= 0.3 is 11.4 Å². The summed E-state index contributed by atoms with van der Waals surface area (Å²) < 4.78 is 1.09. The van der Waals surface area contributed by atoms with E-state index in [9.17, 15) is 14.4 Å². The quantitative estimate of drug-likeness (QED) is 0.777. The Morgan fingerprint density at radius 1 is 1.17 bits per heavy atom. The van der Waals surface area contributed by atoms with Crippen molar-refractivity contribution in [1.29, 1.82) is 0 Å². The van der Waals surface area contributed by atoms with Crippen molar-refractivity contribution in [3.05, 3.63) is 21.0 Å². The molecule has 24 heavy (non-hydrogen) atoms. The molecule has 1 fully saturated rings. The number of likely N-dealkylation sites (tertiary alicyclic amines) is 1. The van der Waals surface area contributed by atoms with Crippen molar-refractivity contribution in [2.45, 2.75) is 58.4 Å². The first-order valence-electron chi connectivity index (χ1n) is 8.54. The van der Waals surface area contributed by atoms with Crippen LogP contribution >= 0.6 is 0 Å². The van der Waals surface area contributed by atoms with E-state index in [0.717, 1.165) is 36.8 Å². The first kappa shape index (κ1) is 18.2. The van der Waals surface area contributed by atoms with Gasteiger partial charge in [0.25, 0.3) is 0 Å². The number of hydrogen-bond donors (Lipinski definition) is 2. The second kappa shape index (κ2) is 7.63. The van der Waals surface area contributed by atoms with Gasteiger partial charge in [-0.2, -0.15) is 4.98 Å². The van der Waals surface area contributed by atoms with Crippen LogP contribution in [0.25, 0.3) is 0 Å². The van der Waals surface area contributed by atoms with E-state index in [1.54, 1.807) is 20.8 Å². The standard InChI is InChI=1S/C16H27N5O3/c1-16(2,3)21-14(23)18-13(19-15(21)24)17-9-7-11-20-10-6-4-5-8-12(20)22/h4-11H2,1-3H3,(H2,17,18,19,23,24). The van der Waals surface area contributed by atoms with Crippen LogP contribution in [0.2, 0.25) is 0 Å². The van der Waals surface area contributed by atoms with E-state index in [-0.39, 0.29) is 11.9 Å². The number of H-pyrrole nitrogens is 1. The molecular weight excluding hydrogens is 310 g/mol. The number of carbonyl (C=O) groups is 1. The van der Waals surface area contributed by atoms with Crippen LogP contribution in [0.3, 0.4) is 0 Å². The maximum absolute atomic E-state index is 12.0. The minimum atomic E-state index is -0.622. The third-order valence-electron chi connectivity index (χ3n) is 4.07. The Hall–Kier alpha value is -2.12. The van der Waals surface area contributed by atoms with Crippen LogP contribution in [0.5, 0.6) is 0 Å². The van der Waals surface area contributed by atoms with Gasteiger partial charge in [-0.3, -0.25) is 9.78 Å². The summed E-state index contributed by atoms with van der Waals surface area (Å²) in [6.45, 7) is 7.35. The van der Waals surface area contributed by atoms with Crippen molar-refractivity contribution < 1.29 is 4.79 Å². The maximum atomic E-state index is 12.0. The number of nitrogens with zero attached hydrogens (tertiary/aromatic N) is 3. The largest absolute Gasteiger partial charge is 0.355 e. The highest BCUT2D eigenvalue weighted by atomic mass is 16.2. The molecule has 0 saturated carbocycles. The molecule has 2 N–H and O–H groups in total. The van der Waals surface area contributed by atoms with Gasteiger partial charge in [0.15, 0.2) is 0 Å². The summed E-state index contributed by atoms with van der Waals surface area (Å²) in [5.41, 5.74) is -1.67. The Balaban J connectivity index is 1.90. The second-order valence-electron chi connectivity index (χ2n) is 7.15. The summed E-state index contributed by atoms with van der Waals surface area (Å²) in [5, 5.41) is 2.96. The first-order chi connectivity index (χ1) is 11.3. The van der Waals surface area contributed by atoms with E-state index in [2.05, 4.69) is 15.3 Å². The van der Waals surface area contributed by atoms with Crippen molar-refractivity contribution >= 4 is 11.9 Å². The van der Waals surface area contributed by atoms with Gasteiger partial charge in [0.2, 0.25) is 11.9 Å². The molecule has 1 aliphatic heterocycles. The smallest absolute Gasteiger partial charge is 0.355 e. The molecule has 1 aromatic heterocycles. The molecule has 1 saturated heterocycles. The molecule has 0 bridgehead atoms. The van der Waals surface area contributed by atoms with Crippen molar-refractivity contribution in [2.75, 3.05) is 25.0 Å². The molecule has 1 amide bonds. The molecule has 0 aliphatic carbocycles. The molecule has 1 aliphatic rings. The number of amides is 1. The number of carbonyl (C=O) groups excluding carboxylic acids is 1. The summed E-state index contributed by atoms with van der Waals surface area (Å²) in [6.07, 6.45) is 4.50. The lowest BCUT2D eigenvalue weighted by atomic mass is 10.1. The fraction of sp³-hybridized carbons (Fsp3) is 0.750. The molecular formula is C16H27N5O3. The van der Waals surface area contributed by atoms with Crippen LogP contribution < -0.4 is 16.7 Å². The van der Waals surface area contributed by atoms with Gasteiger partial charge in [-0.05, 0) is 40.0 Å². The van der Waals surface area contributed by atoms with E-state index in [1.807, 2.05) is 4.90 Å². The summed E-state index contributed by atoms with van der Waals surface area (Å²) >= 11 is 0. The number of hydrogen-bond acceptors (Lipinski definition) is 5. The minimum Gasteiger partial charge on any atom is -0.355 e. The highest BCUT2D eigenvalue weighted by molar-refractivity contribution is 5.76. The number of nitrogens with one attached hydrogen (secondary N) is 2. The number of aromatic nitrogens is 3. The Kier molecular flexibility index (Phi) is 5.80. The van der Waals surface area contributed by atoms with Crippen molar-refractivity contribution in [1.82, 2.24) is 19.4 Å². The Labute approximate surface area is 141 Å². The summed E-state index contributed by atoms with van der Waals surface area (Å²) in [4.78, 5) is 44.3. The van der Waals surface area contributed by atoms with Gasteiger partial charge in [0, 0.05) is 31.6 Å². The van der Waals surface area contributed by atoms with Gasteiger partial charge in [-0.25, -0.2) is 14.2 Å². The van der Waals surface area contributed by atoms with Crippen molar-refractivity contribution in [3.8, 4) is 0 Å². The van der Waals surface area contributed by atoms with Gasteiger partial charge < -0.3 is 10.2 Å². The van der Waals surface area contributed by atoms with Gasteiger partial charge in [-0.15, -0.1) is 0 Å². The van der Waals surface area contributed by atoms with Crippen LogP contribution in [0, 0.1) is 0 Å². The molecule has 134 valence electrons. The number of aromatic amines is 1. The fourth-order valence-corrected chi connectivity index (χ4v) is 2.84. The van der Waals surface area contributed by atoms with Gasteiger partial charge in [0.05, 0.1) is 0 Å². The molecule has 0 aromatic carbocycles. The third kappa shape index (κ3) is 4.69. The predicted molar refractivity (Wildman–Crippen MR) is 92.3 cm³/mol. The summed E-state index contributed by atoms with van der Waals surface area (Å²) in [6, 6.07) is 0.